The monoisotopic (exact) mass is 510 g/mol. The van der Waals surface area contributed by atoms with Crippen molar-refractivity contribution in [1.29, 1.82) is 0 Å². The van der Waals surface area contributed by atoms with Crippen molar-refractivity contribution in [2.24, 2.45) is 29.1 Å². The van der Waals surface area contributed by atoms with Crippen LogP contribution in [-0.4, -0.2) is 64.8 Å². The van der Waals surface area contributed by atoms with Gasteiger partial charge in [0.25, 0.3) is 0 Å². The first-order valence-corrected chi connectivity index (χ1v) is 13.0. The minimum Gasteiger partial charge on any atom is -0.493 e. The van der Waals surface area contributed by atoms with Crippen molar-refractivity contribution in [1.82, 2.24) is 0 Å². The first-order chi connectivity index (χ1) is 15.3. The highest BCUT2D eigenvalue weighted by Gasteiger charge is 2.56. The van der Waals surface area contributed by atoms with Crippen LogP contribution in [0.4, 0.5) is 0 Å². The van der Waals surface area contributed by atoms with E-state index in [9.17, 15) is 0 Å². The molecule has 180 valence electrons. The third kappa shape index (κ3) is 4.70. The number of hydrogen-bond acceptors (Lipinski definition) is 4. The molecule has 5 nitrogen and oxygen atoms in total. The molecule has 1 aliphatic heterocycles. The van der Waals surface area contributed by atoms with Crippen molar-refractivity contribution < 1.29 is 23.4 Å². The Morgan fingerprint density at radius 2 is 1.78 bits per heavy atom. The van der Waals surface area contributed by atoms with E-state index in [2.05, 4.69) is 42.8 Å². The molecule has 3 aliphatic carbocycles. The fourth-order valence-corrected chi connectivity index (χ4v) is 6.99. The number of halogens is 1. The lowest BCUT2D eigenvalue weighted by Crippen LogP contribution is -2.56. The Balaban J connectivity index is 1.36. The van der Waals surface area contributed by atoms with Gasteiger partial charge in [0.05, 0.1) is 34.0 Å². The standard InChI is InChI=1S/C26H41BrNO4/c1-18-20(12-21-14-22(18)26(21,2)3)17-32-11-8-28(6-9-31-10-7-28)16-19-13-24(29-4)25(30-5)15-23(19)27/h13,15,18,20-22H,6-12,14,16-17H2,1-5H3/q+1/t18-,20-,21-,22-/m0/s1. The Labute approximate surface area is 202 Å². The molecule has 32 heavy (non-hydrogen) atoms. The molecule has 4 fully saturated rings. The van der Waals surface area contributed by atoms with Gasteiger partial charge in [0, 0.05) is 16.6 Å². The Bertz CT molecular complexity index is 792. The molecule has 0 radical (unpaired) electrons. The van der Waals surface area contributed by atoms with E-state index < -0.39 is 0 Å². The molecule has 0 N–H and O–H groups in total. The molecule has 5 rings (SSSR count). The van der Waals surface area contributed by atoms with E-state index >= 15 is 0 Å². The van der Waals surface area contributed by atoms with Gasteiger partial charge in [-0.2, -0.15) is 0 Å². The second-order valence-corrected chi connectivity index (χ2v) is 11.7. The zero-order valence-corrected chi connectivity index (χ0v) is 22.1. The molecule has 6 heteroatoms. The third-order valence-electron chi connectivity index (χ3n) is 9.03. The summed E-state index contributed by atoms with van der Waals surface area (Å²) in [5.74, 6) is 4.82. The zero-order chi connectivity index (χ0) is 22.9. The Kier molecular flexibility index (Phi) is 7.45. The van der Waals surface area contributed by atoms with Crippen LogP contribution in [0.1, 0.15) is 39.2 Å². The van der Waals surface area contributed by atoms with E-state index in [1.807, 2.05) is 6.07 Å². The van der Waals surface area contributed by atoms with Crippen LogP contribution >= 0.6 is 15.9 Å². The van der Waals surface area contributed by atoms with Crippen molar-refractivity contribution in [3.05, 3.63) is 22.2 Å². The summed E-state index contributed by atoms with van der Waals surface area (Å²) in [6, 6.07) is 4.12. The number of fused-ring (bicyclic) bond motifs is 2. The van der Waals surface area contributed by atoms with Crippen molar-refractivity contribution in [3.63, 3.8) is 0 Å². The van der Waals surface area contributed by atoms with Crippen LogP contribution in [-0.2, 0) is 16.0 Å². The highest BCUT2D eigenvalue weighted by molar-refractivity contribution is 9.10. The fraction of sp³-hybridized carbons (Fsp3) is 0.769. The van der Waals surface area contributed by atoms with Gasteiger partial charge in [-0.1, -0.05) is 36.7 Å². The molecule has 1 aromatic rings. The average Bonchev–Trinajstić information content (AvgIpc) is 2.79. The van der Waals surface area contributed by atoms with E-state index in [0.717, 1.165) is 96.7 Å². The molecular formula is C26H41BrNO4+. The van der Waals surface area contributed by atoms with Crippen LogP contribution in [0, 0.1) is 29.1 Å². The minimum absolute atomic E-state index is 0.547. The zero-order valence-electron chi connectivity index (χ0n) is 20.5. The van der Waals surface area contributed by atoms with Crippen LogP contribution < -0.4 is 9.47 Å². The van der Waals surface area contributed by atoms with Gasteiger partial charge >= 0.3 is 0 Å². The second-order valence-electron chi connectivity index (χ2n) is 10.9. The number of benzene rings is 1. The summed E-state index contributed by atoms with van der Waals surface area (Å²) in [5, 5.41) is 0. The van der Waals surface area contributed by atoms with Crippen molar-refractivity contribution in [2.45, 2.75) is 40.2 Å². The number of morpholine rings is 1. The van der Waals surface area contributed by atoms with Crippen molar-refractivity contribution in [3.8, 4) is 11.5 Å². The SMILES string of the molecule is COc1cc(Br)c(C[N+]2(CCOC[C@@H]3C[C@H]4C[C@@H]([C@H]3C)C4(C)C)CCOCC2)cc1OC. The van der Waals surface area contributed by atoms with Gasteiger partial charge in [-0.3, -0.25) is 0 Å². The normalized spacial score (nSPS) is 30.4. The highest BCUT2D eigenvalue weighted by atomic mass is 79.9. The summed E-state index contributed by atoms with van der Waals surface area (Å²) in [7, 11) is 3.37. The largest absolute Gasteiger partial charge is 0.493 e. The van der Waals surface area contributed by atoms with Crippen molar-refractivity contribution >= 4 is 15.9 Å². The summed E-state index contributed by atoms with van der Waals surface area (Å²) in [5.41, 5.74) is 1.79. The van der Waals surface area contributed by atoms with Gasteiger partial charge < -0.3 is 23.4 Å². The smallest absolute Gasteiger partial charge is 0.161 e. The summed E-state index contributed by atoms with van der Waals surface area (Å²) in [6.45, 7) is 14.7. The van der Waals surface area contributed by atoms with Gasteiger partial charge in [-0.15, -0.1) is 0 Å². The van der Waals surface area contributed by atoms with E-state index in [4.69, 9.17) is 18.9 Å². The number of ether oxygens (including phenoxy) is 4. The maximum Gasteiger partial charge on any atom is 0.161 e. The lowest BCUT2D eigenvalue weighted by Gasteiger charge is -2.62. The maximum absolute atomic E-state index is 6.34. The molecule has 2 bridgehead atoms. The third-order valence-corrected chi connectivity index (χ3v) is 9.77. The molecule has 1 aromatic carbocycles. The molecule has 0 spiro atoms. The lowest BCUT2D eigenvalue weighted by molar-refractivity contribution is -0.947. The van der Waals surface area contributed by atoms with Gasteiger partial charge in [0.2, 0.25) is 0 Å². The van der Waals surface area contributed by atoms with E-state index in [-0.39, 0.29) is 0 Å². The van der Waals surface area contributed by atoms with Gasteiger partial charge in [-0.25, -0.2) is 0 Å². The fourth-order valence-electron chi connectivity index (χ4n) is 6.54. The average molecular weight is 512 g/mol. The predicted molar refractivity (Wildman–Crippen MR) is 130 cm³/mol. The van der Waals surface area contributed by atoms with Gasteiger partial charge in [0.15, 0.2) is 11.5 Å². The molecule has 1 heterocycles. The molecular weight excluding hydrogens is 470 g/mol. The maximum atomic E-state index is 6.34. The number of quaternary nitrogens is 1. The van der Waals surface area contributed by atoms with Crippen LogP contribution in [0.3, 0.4) is 0 Å². The summed E-state index contributed by atoms with van der Waals surface area (Å²) in [4.78, 5) is 0. The van der Waals surface area contributed by atoms with Crippen LogP contribution in [0.2, 0.25) is 0 Å². The first-order valence-electron chi connectivity index (χ1n) is 12.2. The van der Waals surface area contributed by atoms with Crippen LogP contribution in [0.25, 0.3) is 0 Å². The Morgan fingerprint density at radius 3 is 2.41 bits per heavy atom. The molecule has 0 unspecified atom stereocenters. The second kappa shape index (κ2) is 9.81. The molecule has 3 saturated carbocycles. The van der Waals surface area contributed by atoms with E-state index in [0.29, 0.717) is 5.41 Å². The Hall–Kier alpha value is -0.820. The number of nitrogens with zero attached hydrogens (tertiary/aromatic N) is 1. The van der Waals surface area contributed by atoms with Crippen LogP contribution in [0.5, 0.6) is 11.5 Å². The molecule has 1 saturated heterocycles. The number of methoxy groups -OCH3 is 2. The number of hydrogen-bond donors (Lipinski definition) is 0. The number of rotatable bonds is 9. The molecule has 0 aromatic heterocycles. The predicted octanol–water partition coefficient (Wildman–Crippen LogP) is 5.15. The highest BCUT2D eigenvalue weighted by Crippen LogP contribution is 2.62. The van der Waals surface area contributed by atoms with E-state index in [1.165, 1.54) is 18.4 Å². The molecule has 4 atom stereocenters. The minimum atomic E-state index is 0.547. The molecule has 4 aliphatic rings. The summed E-state index contributed by atoms with van der Waals surface area (Å²) in [6.07, 6.45) is 2.78. The van der Waals surface area contributed by atoms with Gasteiger partial charge in [-0.05, 0) is 54.1 Å². The summed E-state index contributed by atoms with van der Waals surface area (Å²) >= 11 is 3.75. The molecule has 0 amide bonds. The van der Waals surface area contributed by atoms with Crippen molar-refractivity contribution in [2.75, 3.05) is 60.3 Å². The first kappa shape index (κ1) is 24.3. The van der Waals surface area contributed by atoms with Crippen LogP contribution in [0.15, 0.2) is 16.6 Å². The quantitative estimate of drug-likeness (QED) is 0.340. The topological polar surface area (TPSA) is 36.9 Å². The lowest BCUT2D eigenvalue weighted by atomic mass is 9.43. The summed E-state index contributed by atoms with van der Waals surface area (Å²) < 4.78 is 25.1. The Morgan fingerprint density at radius 1 is 1.09 bits per heavy atom. The van der Waals surface area contributed by atoms with E-state index in [1.54, 1.807) is 14.2 Å². The van der Waals surface area contributed by atoms with Gasteiger partial charge in [0.1, 0.15) is 26.2 Å².